The van der Waals surface area contributed by atoms with Crippen molar-refractivity contribution in [2.75, 3.05) is 14.1 Å². The number of carbonyl (C=O) groups is 4. The van der Waals surface area contributed by atoms with Gasteiger partial charge in [0.25, 0.3) is 17.7 Å². The van der Waals surface area contributed by atoms with Gasteiger partial charge in [0.05, 0.1) is 18.8 Å². The van der Waals surface area contributed by atoms with Crippen LogP contribution >= 0.6 is 0 Å². The van der Waals surface area contributed by atoms with Gasteiger partial charge in [-0.1, -0.05) is 36.4 Å². The molecule has 2 aromatic carbocycles. The summed E-state index contributed by atoms with van der Waals surface area (Å²) in [4.78, 5) is 65.4. The molecule has 3 heterocycles. The highest BCUT2D eigenvalue weighted by Crippen LogP contribution is 2.40. The number of hydroxylamine groups is 6. The van der Waals surface area contributed by atoms with Crippen LogP contribution in [-0.2, 0) is 37.3 Å². The van der Waals surface area contributed by atoms with E-state index in [0.717, 1.165) is 37.7 Å². The fraction of sp³-hybridized carbons (Fsp3) is 0.600. The molecule has 0 spiro atoms. The third-order valence-corrected chi connectivity index (χ3v) is 9.96. The molecule has 0 aromatic heterocycles. The standard InChI is InChI=1S/C21H28N2O5.C18H28N2O2.CH5N/c1-20(2)12-7-13-21(3,4)23(20)27-14-15-8-5-6-9-16(15)19(26)28-22-17(24)10-11-18(22)25;1-17(2)11-8-12-18(3,4)20(17)22-13-14-9-6-7-10-15(14)16(21)19-5;1-2/h5-6,8-9H,7,10-14H2,1-4H3;6-7,9-10H,8,11-13H2,1-5H3,(H,19,21);2H2,1H3. The van der Waals surface area contributed by atoms with Crippen LogP contribution in [-0.4, -0.2) is 75.1 Å². The van der Waals surface area contributed by atoms with Gasteiger partial charge in [0.1, 0.15) is 0 Å². The Hall–Kier alpha value is -3.68. The first kappa shape index (κ1) is 42.7. The largest absolute Gasteiger partial charge is 0.364 e. The lowest BCUT2D eigenvalue weighted by molar-refractivity contribution is -0.288. The van der Waals surface area contributed by atoms with Gasteiger partial charge >= 0.3 is 5.97 Å². The number of nitrogens with one attached hydrogen (secondary N) is 1. The van der Waals surface area contributed by atoms with Crippen LogP contribution in [0, 0.1) is 0 Å². The van der Waals surface area contributed by atoms with Crippen molar-refractivity contribution in [3.05, 3.63) is 70.8 Å². The van der Waals surface area contributed by atoms with E-state index in [-0.39, 0.29) is 53.1 Å². The summed E-state index contributed by atoms with van der Waals surface area (Å²) in [6.45, 7) is 18.1. The second-order valence-electron chi connectivity index (χ2n) is 15.9. The number of nitrogens with zero attached hydrogens (tertiary/aromatic N) is 3. The number of imide groups is 1. The van der Waals surface area contributed by atoms with Crippen LogP contribution in [0.2, 0.25) is 0 Å². The van der Waals surface area contributed by atoms with Crippen molar-refractivity contribution in [1.29, 1.82) is 0 Å². The maximum atomic E-state index is 12.6. The molecule has 3 fully saturated rings. The van der Waals surface area contributed by atoms with E-state index in [9.17, 15) is 19.2 Å². The SMILES string of the molecule is CC1(C)CCCC(C)(C)N1OCc1ccccc1C(=O)ON1C(=O)CCC1=O.CN.CNC(=O)c1ccccc1CON1C(C)(C)CCCC1(C)C. The van der Waals surface area contributed by atoms with E-state index >= 15 is 0 Å². The molecule has 0 radical (unpaired) electrons. The van der Waals surface area contributed by atoms with Crippen LogP contribution < -0.4 is 11.1 Å². The second kappa shape index (κ2) is 17.9. The zero-order valence-corrected chi connectivity index (χ0v) is 33.0. The van der Waals surface area contributed by atoms with Crippen LogP contribution in [0.25, 0.3) is 0 Å². The highest BCUT2D eigenvalue weighted by molar-refractivity contribution is 6.03. The first-order valence-electron chi connectivity index (χ1n) is 18.3. The van der Waals surface area contributed by atoms with Crippen molar-refractivity contribution in [3.63, 3.8) is 0 Å². The van der Waals surface area contributed by atoms with Gasteiger partial charge in [-0.3, -0.25) is 24.1 Å². The molecule has 0 unspecified atom stereocenters. The Kier molecular flexibility index (Phi) is 14.7. The predicted molar refractivity (Wildman–Crippen MR) is 200 cm³/mol. The second-order valence-corrected chi connectivity index (χ2v) is 15.9. The topological polar surface area (TPSA) is 144 Å². The molecular weight excluding hydrogens is 662 g/mol. The molecule has 5 rings (SSSR count). The van der Waals surface area contributed by atoms with Crippen LogP contribution in [0.4, 0.5) is 0 Å². The maximum Gasteiger partial charge on any atom is 0.364 e. The molecule has 0 atom stereocenters. The lowest BCUT2D eigenvalue weighted by Gasteiger charge is -2.51. The molecule has 3 N–H and O–H groups in total. The molecule has 0 aliphatic carbocycles. The molecule has 52 heavy (non-hydrogen) atoms. The van der Waals surface area contributed by atoms with E-state index in [2.05, 4.69) is 71.5 Å². The summed E-state index contributed by atoms with van der Waals surface area (Å²) in [5, 5.41) is 7.41. The van der Waals surface area contributed by atoms with Crippen LogP contribution in [0.3, 0.4) is 0 Å². The number of benzene rings is 2. The average molecular weight is 724 g/mol. The van der Waals surface area contributed by atoms with E-state index in [1.807, 2.05) is 35.4 Å². The lowest BCUT2D eigenvalue weighted by Crippen LogP contribution is -2.58. The summed E-state index contributed by atoms with van der Waals surface area (Å²) in [6.07, 6.45) is 6.78. The monoisotopic (exact) mass is 723 g/mol. The Morgan fingerprint density at radius 3 is 1.42 bits per heavy atom. The minimum atomic E-state index is -0.736. The van der Waals surface area contributed by atoms with Gasteiger partial charge in [0.15, 0.2) is 0 Å². The third-order valence-electron chi connectivity index (χ3n) is 9.96. The minimum absolute atomic E-state index is 0.00368. The molecule has 0 saturated carbocycles. The molecule has 12 heteroatoms. The first-order valence-corrected chi connectivity index (χ1v) is 18.3. The first-order chi connectivity index (χ1) is 24.4. The van der Waals surface area contributed by atoms with Gasteiger partial charge in [0, 0.05) is 47.6 Å². The summed E-state index contributed by atoms with van der Waals surface area (Å²) in [7, 11) is 3.15. The highest BCUT2D eigenvalue weighted by atomic mass is 16.7. The maximum absolute atomic E-state index is 12.6. The normalized spacial score (nSPS) is 20.6. The van der Waals surface area contributed by atoms with Crippen molar-refractivity contribution in [2.24, 2.45) is 5.73 Å². The van der Waals surface area contributed by atoms with Gasteiger partial charge in [-0.15, -0.1) is 5.06 Å². The van der Waals surface area contributed by atoms with E-state index in [1.54, 1.807) is 25.2 Å². The van der Waals surface area contributed by atoms with Gasteiger partial charge in [0.2, 0.25) is 0 Å². The number of hydrogen-bond acceptors (Lipinski definition) is 10. The zero-order valence-electron chi connectivity index (χ0n) is 33.0. The van der Waals surface area contributed by atoms with Crippen molar-refractivity contribution >= 4 is 23.7 Å². The Morgan fingerprint density at radius 2 is 1.02 bits per heavy atom. The van der Waals surface area contributed by atoms with Crippen molar-refractivity contribution in [2.45, 2.75) is 142 Å². The highest BCUT2D eigenvalue weighted by Gasteiger charge is 2.44. The predicted octanol–water partition coefficient (Wildman–Crippen LogP) is 6.48. The van der Waals surface area contributed by atoms with Crippen molar-refractivity contribution in [1.82, 2.24) is 20.5 Å². The summed E-state index contributed by atoms with van der Waals surface area (Å²) < 4.78 is 0. The molecule has 288 valence electrons. The van der Waals surface area contributed by atoms with Gasteiger partial charge < -0.3 is 15.9 Å². The van der Waals surface area contributed by atoms with Crippen LogP contribution in [0.5, 0.6) is 0 Å². The fourth-order valence-electron chi connectivity index (χ4n) is 7.56. The van der Waals surface area contributed by atoms with Gasteiger partial charge in [-0.05, 0) is 124 Å². The van der Waals surface area contributed by atoms with E-state index in [0.29, 0.717) is 22.8 Å². The Bertz CT molecular complexity index is 1510. The van der Waals surface area contributed by atoms with E-state index in [1.165, 1.54) is 13.5 Å². The zero-order chi connectivity index (χ0) is 38.9. The molecule has 12 nitrogen and oxygen atoms in total. The molecule has 0 bridgehead atoms. The smallest absolute Gasteiger partial charge is 0.355 e. The fourth-order valence-corrected chi connectivity index (χ4v) is 7.56. The number of rotatable bonds is 9. The molecular formula is C40H61N5O7. The van der Waals surface area contributed by atoms with Crippen LogP contribution in [0.1, 0.15) is 139 Å². The number of hydrogen-bond donors (Lipinski definition) is 2. The van der Waals surface area contributed by atoms with E-state index in [4.69, 9.17) is 14.5 Å². The summed E-state index contributed by atoms with van der Waals surface area (Å²) >= 11 is 0. The van der Waals surface area contributed by atoms with E-state index < -0.39 is 17.8 Å². The van der Waals surface area contributed by atoms with Crippen molar-refractivity contribution < 1.29 is 33.7 Å². The van der Waals surface area contributed by atoms with Gasteiger partial charge in [-0.25, -0.2) is 4.79 Å². The van der Waals surface area contributed by atoms with Gasteiger partial charge in [-0.2, -0.15) is 10.1 Å². The van der Waals surface area contributed by atoms with Crippen molar-refractivity contribution in [3.8, 4) is 0 Å². The summed E-state index contributed by atoms with van der Waals surface area (Å²) in [5.41, 5.74) is 6.79. The third kappa shape index (κ3) is 10.5. The Morgan fingerprint density at radius 1 is 0.654 bits per heavy atom. The number of nitrogens with two attached hydrogens (primary N) is 1. The average Bonchev–Trinajstić information content (AvgIpc) is 3.40. The number of carbonyl (C=O) groups excluding carboxylic acids is 4. The summed E-state index contributed by atoms with van der Waals surface area (Å²) in [5.74, 6) is -1.80. The Labute approximate surface area is 310 Å². The quantitative estimate of drug-likeness (QED) is 0.276. The number of piperidine rings is 2. The number of amides is 3. The minimum Gasteiger partial charge on any atom is -0.355 e. The van der Waals surface area contributed by atoms with Crippen LogP contribution in [0.15, 0.2) is 48.5 Å². The molecule has 3 saturated heterocycles. The Balaban J connectivity index is 0.000000275. The molecule has 3 aliphatic rings. The lowest BCUT2D eigenvalue weighted by atomic mass is 9.82. The molecule has 3 aliphatic heterocycles. The summed E-state index contributed by atoms with van der Waals surface area (Å²) in [6, 6.07) is 14.5. The molecule has 2 aromatic rings. The molecule has 3 amide bonds.